The summed E-state index contributed by atoms with van der Waals surface area (Å²) in [5, 5.41) is 2.61. The third kappa shape index (κ3) is 5.02. The van der Waals surface area contributed by atoms with Crippen molar-refractivity contribution in [3.63, 3.8) is 0 Å². The topological polar surface area (TPSA) is 87.7 Å². The first-order valence-electron chi connectivity index (χ1n) is 9.15. The highest BCUT2D eigenvalue weighted by atomic mass is 32.2. The van der Waals surface area contributed by atoms with Crippen molar-refractivity contribution in [3.8, 4) is 0 Å². The molecule has 3 rings (SSSR count). The maximum absolute atomic E-state index is 12.6. The molecule has 2 aromatic carbocycles. The first-order valence-corrected chi connectivity index (χ1v) is 10.6. The maximum Gasteiger partial charge on any atom is 0.261 e. The summed E-state index contributed by atoms with van der Waals surface area (Å²) in [4.78, 5) is 13.4. The van der Waals surface area contributed by atoms with Crippen molar-refractivity contribution in [1.29, 1.82) is 0 Å². The molecule has 1 unspecified atom stereocenters. The van der Waals surface area contributed by atoms with Crippen molar-refractivity contribution in [1.82, 2.24) is 0 Å². The molecule has 0 aromatic heterocycles. The number of hydrogen-bond acceptors (Lipinski definition) is 5. The van der Waals surface area contributed by atoms with Crippen molar-refractivity contribution < 1.29 is 17.9 Å². The Morgan fingerprint density at radius 2 is 1.71 bits per heavy atom. The van der Waals surface area contributed by atoms with Gasteiger partial charge in [-0.3, -0.25) is 9.52 Å². The van der Waals surface area contributed by atoms with E-state index in [-0.39, 0.29) is 16.9 Å². The molecule has 1 aliphatic rings. The number of benzene rings is 2. The summed E-state index contributed by atoms with van der Waals surface area (Å²) in [7, 11) is -1.97. The van der Waals surface area contributed by atoms with Crippen molar-refractivity contribution in [2.24, 2.45) is 0 Å². The van der Waals surface area contributed by atoms with Crippen LogP contribution < -0.4 is 14.9 Å². The fraction of sp³-hybridized carbons (Fsp3) is 0.350. The Labute approximate surface area is 165 Å². The lowest BCUT2D eigenvalue weighted by atomic mass is 10.1. The first-order chi connectivity index (χ1) is 13.4. The highest BCUT2D eigenvalue weighted by molar-refractivity contribution is 7.92. The fourth-order valence-corrected chi connectivity index (χ4v) is 4.30. The lowest BCUT2D eigenvalue weighted by Gasteiger charge is -2.33. The number of carbonyl (C=O) groups is 1. The van der Waals surface area contributed by atoms with Gasteiger partial charge in [-0.1, -0.05) is 0 Å². The van der Waals surface area contributed by atoms with Gasteiger partial charge in [0.2, 0.25) is 5.91 Å². The molecule has 1 saturated heterocycles. The van der Waals surface area contributed by atoms with E-state index in [1.54, 1.807) is 31.4 Å². The third-order valence-corrected chi connectivity index (χ3v) is 6.08. The van der Waals surface area contributed by atoms with Crippen LogP contribution in [0.5, 0.6) is 0 Å². The minimum absolute atomic E-state index is 0.129. The largest absolute Gasteiger partial charge is 0.380 e. The average molecular weight is 404 g/mol. The van der Waals surface area contributed by atoms with E-state index >= 15 is 0 Å². The van der Waals surface area contributed by atoms with Crippen LogP contribution in [-0.4, -0.2) is 40.6 Å². The number of carbonyl (C=O) groups excluding carboxylic acids is 1. The van der Waals surface area contributed by atoms with Gasteiger partial charge in [0.25, 0.3) is 10.0 Å². The van der Waals surface area contributed by atoms with Crippen LogP contribution in [0.25, 0.3) is 0 Å². The molecule has 2 N–H and O–H groups in total. The summed E-state index contributed by atoms with van der Waals surface area (Å²) in [6.45, 7) is 3.20. The summed E-state index contributed by atoms with van der Waals surface area (Å²) in [5.74, 6) is -0.209. The van der Waals surface area contributed by atoms with Crippen molar-refractivity contribution in [3.05, 3.63) is 48.5 Å². The summed E-state index contributed by atoms with van der Waals surface area (Å²) in [6, 6.07) is 13.4. The fourth-order valence-electron chi connectivity index (χ4n) is 3.24. The molecule has 1 atom stereocenters. The zero-order chi connectivity index (χ0) is 20.1. The Morgan fingerprint density at radius 3 is 2.32 bits per heavy atom. The molecule has 1 heterocycles. The lowest BCUT2D eigenvalue weighted by molar-refractivity contribution is -0.114. The number of nitrogens with one attached hydrogen (secondary N) is 2. The second kappa shape index (κ2) is 8.62. The van der Waals surface area contributed by atoms with Crippen LogP contribution in [0.1, 0.15) is 19.8 Å². The molecule has 1 aliphatic heterocycles. The molecule has 0 radical (unpaired) electrons. The monoisotopic (exact) mass is 403 g/mol. The Morgan fingerprint density at radius 1 is 1.07 bits per heavy atom. The minimum Gasteiger partial charge on any atom is -0.380 e. The van der Waals surface area contributed by atoms with E-state index in [0.29, 0.717) is 11.4 Å². The standard InChI is InChI=1S/C20H25N3O4S/c1-15(24)21-16-7-11-20(12-8-16)28(25,26)22-17-5-9-18(10-6-17)23-13-3-4-19(14-23)27-2/h5-12,19,22H,3-4,13-14H2,1-2H3,(H,21,24). The van der Waals surface area contributed by atoms with Crippen molar-refractivity contribution in [2.45, 2.75) is 30.8 Å². The summed E-state index contributed by atoms with van der Waals surface area (Å²) >= 11 is 0. The number of piperidine rings is 1. The molecule has 1 amide bonds. The lowest BCUT2D eigenvalue weighted by Crippen LogP contribution is -2.39. The zero-order valence-electron chi connectivity index (χ0n) is 16.0. The molecule has 0 spiro atoms. The predicted octanol–water partition coefficient (Wildman–Crippen LogP) is 3.06. The number of anilines is 3. The molecular formula is C20H25N3O4S. The molecular weight excluding hydrogens is 378 g/mol. The van der Waals surface area contributed by atoms with Crippen LogP contribution in [0.15, 0.2) is 53.4 Å². The van der Waals surface area contributed by atoms with Crippen LogP contribution in [-0.2, 0) is 19.6 Å². The van der Waals surface area contributed by atoms with Crippen LogP contribution in [0.2, 0.25) is 0 Å². The van der Waals surface area contributed by atoms with Gasteiger partial charge in [-0.25, -0.2) is 8.42 Å². The Bertz CT molecular complexity index is 911. The number of rotatable bonds is 6. The molecule has 1 fully saturated rings. The van der Waals surface area contributed by atoms with Gasteiger partial charge < -0.3 is 15.0 Å². The van der Waals surface area contributed by atoms with Gasteiger partial charge in [-0.15, -0.1) is 0 Å². The molecule has 28 heavy (non-hydrogen) atoms. The van der Waals surface area contributed by atoms with Crippen LogP contribution in [0.3, 0.4) is 0 Å². The predicted molar refractivity (Wildman–Crippen MR) is 110 cm³/mol. The second-order valence-corrected chi connectivity index (χ2v) is 8.49. The zero-order valence-corrected chi connectivity index (χ0v) is 16.8. The van der Waals surface area contributed by atoms with E-state index in [1.807, 2.05) is 12.1 Å². The molecule has 7 nitrogen and oxygen atoms in total. The van der Waals surface area contributed by atoms with Gasteiger partial charge in [-0.2, -0.15) is 0 Å². The van der Waals surface area contributed by atoms with Crippen molar-refractivity contribution in [2.75, 3.05) is 35.1 Å². The summed E-state index contributed by atoms with van der Waals surface area (Å²) < 4.78 is 33.2. The van der Waals surface area contributed by atoms with E-state index in [1.165, 1.54) is 19.1 Å². The van der Waals surface area contributed by atoms with Gasteiger partial charge in [0.05, 0.1) is 11.0 Å². The van der Waals surface area contributed by atoms with E-state index in [9.17, 15) is 13.2 Å². The van der Waals surface area contributed by atoms with Gasteiger partial charge in [-0.05, 0) is 61.4 Å². The molecule has 2 aromatic rings. The molecule has 8 heteroatoms. The average Bonchev–Trinajstić information content (AvgIpc) is 2.68. The van der Waals surface area contributed by atoms with Gasteiger partial charge in [0.1, 0.15) is 0 Å². The normalized spacial score (nSPS) is 17.2. The molecule has 0 bridgehead atoms. The van der Waals surface area contributed by atoms with Crippen LogP contribution >= 0.6 is 0 Å². The molecule has 150 valence electrons. The smallest absolute Gasteiger partial charge is 0.261 e. The number of nitrogens with zero attached hydrogens (tertiary/aromatic N) is 1. The quantitative estimate of drug-likeness (QED) is 0.774. The van der Waals surface area contributed by atoms with Crippen molar-refractivity contribution >= 4 is 33.0 Å². The Hall–Kier alpha value is -2.58. The Balaban J connectivity index is 1.68. The van der Waals surface area contributed by atoms with Crippen LogP contribution in [0, 0.1) is 0 Å². The number of ether oxygens (including phenoxy) is 1. The molecule has 0 saturated carbocycles. The number of sulfonamides is 1. The van der Waals surface area contributed by atoms with Gasteiger partial charge in [0, 0.05) is 44.2 Å². The number of methoxy groups -OCH3 is 1. The van der Waals surface area contributed by atoms with Gasteiger partial charge >= 0.3 is 0 Å². The van der Waals surface area contributed by atoms with E-state index in [0.717, 1.165) is 31.6 Å². The second-order valence-electron chi connectivity index (χ2n) is 6.80. The van der Waals surface area contributed by atoms with E-state index in [4.69, 9.17) is 4.74 Å². The highest BCUT2D eigenvalue weighted by Gasteiger charge is 2.20. The maximum atomic E-state index is 12.6. The number of amides is 1. The minimum atomic E-state index is -3.71. The van der Waals surface area contributed by atoms with Gasteiger partial charge in [0.15, 0.2) is 0 Å². The summed E-state index contributed by atoms with van der Waals surface area (Å²) in [5.41, 5.74) is 2.09. The SMILES string of the molecule is COC1CCCN(c2ccc(NS(=O)(=O)c3ccc(NC(C)=O)cc3)cc2)C1. The third-order valence-electron chi connectivity index (χ3n) is 4.68. The first kappa shape index (κ1) is 20.2. The summed E-state index contributed by atoms with van der Waals surface area (Å²) in [6.07, 6.45) is 2.36. The van der Waals surface area contributed by atoms with Crippen LogP contribution in [0.4, 0.5) is 17.1 Å². The highest BCUT2D eigenvalue weighted by Crippen LogP contribution is 2.24. The van der Waals surface area contributed by atoms with E-state index in [2.05, 4.69) is 14.9 Å². The number of hydrogen-bond donors (Lipinski definition) is 2. The van der Waals surface area contributed by atoms with E-state index < -0.39 is 10.0 Å². The molecule has 0 aliphatic carbocycles. The Kier molecular flexibility index (Phi) is 6.21.